The normalized spacial score (nSPS) is 11.9. The van der Waals surface area contributed by atoms with Crippen LogP contribution in [0, 0.1) is 6.92 Å². The van der Waals surface area contributed by atoms with E-state index in [4.69, 9.17) is 4.98 Å². The fourth-order valence-electron chi connectivity index (χ4n) is 5.00. The minimum absolute atomic E-state index is 0.169. The molecule has 0 unspecified atom stereocenters. The number of amides is 1. The molecule has 0 aliphatic heterocycles. The van der Waals surface area contributed by atoms with Crippen molar-refractivity contribution in [3.05, 3.63) is 108 Å². The number of rotatable bonds is 5. The van der Waals surface area contributed by atoms with Gasteiger partial charge in [-0.15, -0.1) is 22.7 Å². The van der Waals surface area contributed by atoms with Crippen LogP contribution in [0.3, 0.4) is 0 Å². The van der Waals surface area contributed by atoms with Crippen molar-refractivity contribution in [2.75, 3.05) is 5.32 Å². The molecule has 0 fully saturated rings. The predicted molar refractivity (Wildman–Crippen MR) is 168 cm³/mol. The maximum Gasteiger partial charge on any atom is 0.256 e. The zero-order chi connectivity index (χ0) is 29.0. The van der Waals surface area contributed by atoms with Crippen LogP contribution in [0.2, 0.25) is 0 Å². The summed E-state index contributed by atoms with van der Waals surface area (Å²) in [4.78, 5) is 22.2. The Morgan fingerprint density at radius 3 is 2.29 bits per heavy atom. The third-order valence-electron chi connectivity index (χ3n) is 7.02. The molecule has 2 aromatic heterocycles. The minimum Gasteiger partial charge on any atom is -0.744 e. The van der Waals surface area contributed by atoms with E-state index in [1.165, 1.54) is 22.7 Å². The Morgan fingerprint density at radius 1 is 0.786 bits per heavy atom. The summed E-state index contributed by atoms with van der Waals surface area (Å²) in [7, 11) is -4.63. The van der Waals surface area contributed by atoms with Gasteiger partial charge in [-0.05, 0) is 77.9 Å². The standard InChI is InChI=1S/C32H21N3O4S3/c1-18-9-15-26-28(29(18)42(37,38)39)41-32(35-26)21-12-16-25-27(17-21)40-31(34-25)20-10-13-22(14-11-20)33-30(36)24-8-4-6-19-5-2-3-7-23(19)24/h2-17H,1H3,(H,33,36)(H,37,38,39)/p-1. The maximum absolute atomic E-state index is 13.0. The number of nitrogens with zero attached hydrogens (tertiary/aromatic N) is 2. The topological polar surface area (TPSA) is 112 Å². The van der Waals surface area contributed by atoms with E-state index >= 15 is 0 Å². The van der Waals surface area contributed by atoms with Crippen molar-refractivity contribution < 1.29 is 17.8 Å². The van der Waals surface area contributed by atoms with E-state index in [2.05, 4.69) is 10.3 Å². The van der Waals surface area contributed by atoms with Crippen LogP contribution in [0.15, 0.2) is 102 Å². The molecule has 0 radical (unpaired) electrons. The molecule has 0 bridgehead atoms. The molecule has 0 spiro atoms. The van der Waals surface area contributed by atoms with E-state index in [9.17, 15) is 17.8 Å². The molecule has 10 heteroatoms. The number of anilines is 1. The van der Waals surface area contributed by atoms with Gasteiger partial charge in [-0.1, -0.05) is 42.5 Å². The van der Waals surface area contributed by atoms with Gasteiger partial charge in [0, 0.05) is 22.4 Å². The molecule has 1 amide bonds. The number of benzene rings is 5. The van der Waals surface area contributed by atoms with Gasteiger partial charge >= 0.3 is 0 Å². The van der Waals surface area contributed by atoms with Crippen molar-refractivity contribution in [2.24, 2.45) is 0 Å². The molecule has 5 aromatic carbocycles. The summed E-state index contributed by atoms with van der Waals surface area (Å²) in [6, 6.07) is 30.2. The second kappa shape index (κ2) is 10.1. The Hall–Kier alpha value is -4.48. The summed E-state index contributed by atoms with van der Waals surface area (Å²) in [5.41, 5.74) is 4.76. The van der Waals surface area contributed by atoms with Crippen LogP contribution in [0.4, 0.5) is 5.69 Å². The lowest BCUT2D eigenvalue weighted by Gasteiger charge is -2.10. The average Bonchev–Trinajstić information content (AvgIpc) is 3.60. The highest BCUT2D eigenvalue weighted by atomic mass is 32.2. The van der Waals surface area contributed by atoms with E-state index in [1.54, 1.807) is 19.1 Å². The van der Waals surface area contributed by atoms with E-state index in [-0.39, 0.29) is 10.8 Å². The lowest BCUT2D eigenvalue weighted by atomic mass is 10.0. The lowest BCUT2D eigenvalue weighted by Crippen LogP contribution is -2.12. The Kier molecular flexibility index (Phi) is 6.36. The molecule has 2 heterocycles. The van der Waals surface area contributed by atoms with Gasteiger partial charge in [-0.25, -0.2) is 18.4 Å². The molecule has 206 valence electrons. The number of thiazole rings is 2. The van der Waals surface area contributed by atoms with E-state index < -0.39 is 10.1 Å². The number of hydrogen-bond donors (Lipinski definition) is 1. The van der Waals surface area contributed by atoms with Crippen molar-refractivity contribution in [1.82, 2.24) is 9.97 Å². The monoisotopic (exact) mass is 606 g/mol. The van der Waals surface area contributed by atoms with Crippen molar-refractivity contribution in [2.45, 2.75) is 11.8 Å². The molecule has 7 aromatic rings. The predicted octanol–water partition coefficient (Wildman–Crippen LogP) is 7.86. The molecular weight excluding hydrogens is 587 g/mol. The van der Waals surface area contributed by atoms with Crippen LogP contribution in [0.1, 0.15) is 15.9 Å². The zero-order valence-corrected chi connectivity index (χ0v) is 24.4. The molecule has 0 aliphatic rings. The van der Waals surface area contributed by atoms with Crippen molar-refractivity contribution in [1.29, 1.82) is 0 Å². The lowest BCUT2D eigenvalue weighted by molar-refractivity contribution is 0.102. The van der Waals surface area contributed by atoms with Gasteiger partial charge in [-0.3, -0.25) is 4.79 Å². The zero-order valence-electron chi connectivity index (χ0n) is 22.0. The number of fused-ring (bicyclic) bond motifs is 3. The Morgan fingerprint density at radius 2 is 1.48 bits per heavy atom. The summed E-state index contributed by atoms with van der Waals surface area (Å²) in [5.74, 6) is -0.169. The van der Waals surface area contributed by atoms with Gasteiger partial charge in [0.1, 0.15) is 20.1 Å². The molecular formula is C32H20N3O4S3-. The molecule has 7 nitrogen and oxygen atoms in total. The quantitative estimate of drug-likeness (QED) is 0.200. The molecule has 42 heavy (non-hydrogen) atoms. The van der Waals surface area contributed by atoms with E-state index in [0.717, 1.165) is 37.1 Å². The second-order valence-corrected chi connectivity index (χ2v) is 13.1. The molecule has 7 rings (SSSR count). The molecule has 0 aliphatic carbocycles. The van der Waals surface area contributed by atoms with Crippen LogP contribution in [0.5, 0.6) is 0 Å². The summed E-state index contributed by atoms with van der Waals surface area (Å²) >= 11 is 2.72. The van der Waals surface area contributed by atoms with Gasteiger partial charge in [0.25, 0.3) is 5.91 Å². The molecule has 0 atom stereocenters. The fourth-order valence-corrected chi connectivity index (χ4v) is 8.29. The number of nitrogens with one attached hydrogen (secondary N) is 1. The Bertz CT molecular complexity index is 2280. The number of carbonyl (C=O) groups is 1. The Balaban J connectivity index is 1.16. The van der Waals surface area contributed by atoms with Gasteiger partial charge in [-0.2, -0.15) is 0 Å². The highest BCUT2D eigenvalue weighted by molar-refractivity contribution is 7.86. The molecule has 0 saturated heterocycles. The van der Waals surface area contributed by atoms with Crippen LogP contribution in [-0.2, 0) is 10.1 Å². The first-order valence-electron chi connectivity index (χ1n) is 12.9. The first-order valence-corrected chi connectivity index (χ1v) is 16.0. The highest BCUT2D eigenvalue weighted by Crippen LogP contribution is 2.38. The van der Waals surface area contributed by atoms with Crippen molar-refractivity contribution in [3.8, 4) is 21.1 Å². The maximum atomic E-state index is 13.0. The number of aromatic nitrogens is 2. The van der Waals surface area contributed by atoms with Gasteiger partial charge < -0.3 is 9.87 Å². The van der Waals surface area contributed by atoms with Crippen molar-refractivity contribution >= 4 is 75.6 Å². The Labute approximate surface area is 248 Å². The van der Waals surface area contributed by atoms with E-state index in [0.29, 0.717) is 32.0 Å². The molecule has 1 N–H and O–H groups in total. The van der Waals surface area contributed by atoms with Crippen LogP contribution in [-0.4, -0.2) is 28.8 Å². The van der Waals surface area contributed by atoms with Gasteiger partial charge in [0.05, 0.1) is 25.3 Å². The third-order valence-corrected chi connectivity index (χ3v) is 10.4. The van der Waals surface area contributed by atoms with E-state index in [1.807, 2.05) is 84.9 Å². The number of carbonyl (C=O) groups excluding carboxylic acids is 1. The average molecular weight is 607 g/mol. The first-order chi connectivity index (χ1) is 20.2. The van der Waals surface area contributed by atoms with Crippen LogP contribution >= 0.6 is 22.7 Å². The first kappa shape index (κ1) is 26.4. The van der Waals surface area contributed by atoms with Crippen molar-refractivity contribution in [3.63, 3.8) is 0 Å². The molecule has 0 saturated carbocycles. The van der Waals surface area contributed by atoms with Crippen LogP contribution < -0.4 is 5.32 Å². The van der Waals surface area contributed by atoms with Gasteiger partial charge in [0.2, 0.25) is 0 Å². The summed E-state index contributed by atoms with van der Waals surface area (Å²) < 4.78 is 37.0. The largest absolute Gasteiger partial charge is 0.744 e. The number of aryl methyl sites for hydroxylation is 1. The third kappa shape index (κ3) is 4.74. The fraction of sp³-hybridized carbons (Fsp3) is 0.0312. The summed E-state index contributed by atoms with van der Waals surface area (Å²) in [6.07, 6.45) is 0. The number of hydrogen-bond acceptors (Lipinski definition) is 8. The summed E-state index contributed by atoms with van der Waals surface area (Å²) in [6.45, 7) is 1.61. The second-order valence-electron chi connectivity index (χ2n) is 9.79. The summed E-state index contributed by atoms with van der Waals surface area (Å²) in [5, 5.41) is 6.36. The smallest absolute Gasteiger partial charge is 0.256 e. The minimum atomic E-state index is -4.63. The van der Waals surface area contributed by atoms with Gasteiger partial charge in [0.15, 0.2) is 0 Å². The SMILES string of the molecule is Cc1ccc2nc(-c3ccc4nc(-c5ccc(NC(=O)c6cccc7ccccc67)cc5)sc4c3)sc2c1S(=O)(=O)[O-]. The van der Waals surface area contributed by atoms with Crippen LogP contribution in [0.25, 0.3) is 52.3 Å². The highest BCUT2D eigenvalue weighted by Gasteiger charge is 2.17.